The Morgan fingerprint density at radius 2 is 2.00 bits per heavy atom. The molecule has 0 aliphatic carbocycles. The Morgan fingerprint density at radius 3 is 2.79 bits per heavy atom. The van der Waals surface area contributed by atoms with Gasteiger partial charge in [-0.25, -0.2) is 4.98 Å². The molecule has 3 aromatic rings. The van der Waals surface area contributed by atoms with Crippen molar-refractivity contribution in [1.29, 1.82) is 0 Å². The zero-order valence-electron chi connectivity index (χ0n) is 10.9. The maximum Gasteiger partial charge on any atom is 0.149 e. The minimum Gasteiger partial charge on any atom is -0.505 e. The summed E-state index contributed by atoms with van der Waals surface area (Å²) in [6.45, 7) is 4.07. The third-order valence-corrected chi connectivity index (χ3v) is 3.24. The molecule has 4 nitrogen and oxygen atoms in total. The number of anilines is 1. The number of aromatic amines is 1. The number of aryl methyl sites for hydroxylation is 2. The van der Waals surface area contributed by atoms with Crippen LogP contribution in [0.2, 0.25) is 0 Å². The summed E-state index contributed by atoms with van der Waals surface area (Å²) in [6.07, 6.45) is 0. The minimum atomic E-state index is 0.0657. The highest BCUT2D eigenvalue weighted by molar-refractivity contribution is 5.85. The fourth-order valence-electron chi connectivity index (χ4n) is 2.35. The van der Waals surface area contributed by atoms with Crippen LogP contribution < -0.4 is 5.73 Å². The number of phenolic OH excluding ortho intramolecular Hbond substituents is 1. The predicted molar refractivity (Wildman–Crippen MR) is 77.1 cm³/mol. The zero-order valence-corrected chi connectivity index (χ0v) is 10.9. The van der Waals surface area contributed by atoms with Crippen molar-refractivity contribution < 1.29 is 5.11 Å². The van der Waals surface area contributed by atoms with Gasteiger partial charge in [-0.2, -0.15) is 0 Å². The number of nitrogen functional groups attached to an aromatic ring is 1. The highest BCUT2D eigenvalue weighted by atomic mass is 16.3. The summed E-state index contributed by atoms with van der Waals surface area (Å²) in [7, 11) is 0. The number of rotatable bonds is 1. The van der Waals surface area contributed by atoms with Gasteiger partial charge in [0.05, 0.1) is 22.3 Å². The van der Waals surface area contributed by atoms with Gasteiger partial charge in [-0.05, 0) is 43.2 Å². The Kier molecular flexibility index (Phi) is 2.45. The van der Waals surface area contributed by atoms with Gasteiger partial charge in [-0.15, -0.1) is 0 Å². The van der Waals surface area contributed by atoms with Crippen LogP contribution in [0.4, 0.5) is 5.69 Å². The standard InChI is InChI=1S/C15H15N3O/c1-8-6-9(2)13-12(7-8)17-15(18-13)10-4-3-5-11(16)14(10)19/h3-7,19H,16H2,1-2H3,(H,17,18). The van der Waals surface area contributed by atoms with Crippen LogP contribution in [-0.2, 0) is 0 Å². The number of phenols is 1. The highest BCUT2D eigenvalue weighted by Gasteiger charge is 2.12. The molecule has 1 aromatic heterocycles. The molecule has 0 spiro atoms. The van der Waals surface area contributed by atoms with Gasteiger partial charge in [0.15, 0.2) is 0 Å². The lowest BCUT2D eigenvalue weighted by Gasteiger charge is -2.03. The molecule has 0 amide bonds. The molecular weight excluding hydrogens is 238 g/mol. The molecule has 3 rings (SSSR count). The van der Waals surface area contributed by atoms with Gasteiger partial charge in [0.2, 0.25) is 0 Å². The van der Waals surface area contributed by atoms with E-state index in [0.717, 1.165) is 16.6 Å². The van der Waals surface area contributed by atoms with Gasteiger partial charge < -0.3 is 15.8 Å². The number of nitrogens with one attached hydrogen (secondary N) is 1. The largest absolute Gasteiger partial charge is 0.505 e. The van der Waals surface area contributed by atoms with Crippen molar-refractivity contribution >= 4 is 16.7 Å². The molecule has 0 unspecified atom stereocenters. The summed E-state index contributed by atoms with van der Waals surface area (Å²) in [6, 6.07) is 9.40. The van der Waals surface area contributed by atoms with E-state index < -0.39 is 0 Å². The molecule has 0 aliphatic rings. The monoisotopic (exact) mass is 253 g/mol. The summed E-state index contributed by atoms with van der Waals surface area (Å²) in [5, 5.41) is 10.0. The summed E-state index contributed by atoms with van der Waals surface area (Å²) in [5.74, 6) is 0.699. The SMILES string of the molecule is Cc1cc(C)c2nc(-c3cccc(N)c3O)[nH]c2c1. The van der Waals surface area contributed by atoms with Gasteiger partial charge in [-0.1, -0.05) is 12.1 Å². The molecule has 4 heteroatoms. The smallest absolute Gasteiger partial charge is 0.149 e. The Hall–Kier alpha value is -2.49. The molecule has 0 fully saturated rings. The van der Waals surface area contributed by atoms with E-state index in [0.29, 0.717) is 17.1 Å². The average Bonchev–Trinajstić information content (AvgIpc) is 2.76. The molecule has 0 aliphatic heterocycles. The number of H-pyrrole nitrogens is 1. The summed E-state index contributed by atoms with van der Waals surface area (Å²) in [4.78, 5) is 7.79. The van der Waals surface area contributed by atoms with Gasteiger partial charge in [-0.3, -0.25) is 0 Å². The van der Waals surface area contributed by atoms with Crippen LogP contribution in [0.1, 0.15) is 11.1 Å². The number of para-hydroxylation sites is 1. The number of hydrogen-bond donors (Lipinski definition) is 3. The maximum atomic E-state index is 10.0. The van der Waals surface area contributed by atoms with Crippen molar-refractivity contribution in [3.8, 4) is 17.1 Å². The molecule has 0 atom stereocenters. The Bertz CT molecular complexity index is 774. The molecule has 4 N–H and O–H groups in total. The Morgan fingerprint density at radius 1 is 1.21 bits per heavy atom. The molecule has 19 heavy (non-hydrogen) atoms. The van der Waals surface area contributed by atoms with E-state index in [4.69, 9.17) is 5.73 Å². The Labute approximate surface area is 110 Å². The van der Waals surface area contributed by atoms with Crippen LogP contribution in [0.5, 0.6) is 5.75 Å². The van der Waals surface area contributed by atoms with Crippen LogP contribution in [0.3, 0.4) is 0 Å². The van der Waals surface area contributed by atoms with Crippen LogP contribution in [0.25, 0.3) is 22.4 Å². The zero-order chi connectivity index (χ0) is 13.6. The van der Waals surface area contributed by atoms with Crippen LogP contribution in [0.15, 0.2) is 30.3 Å². The van der Waals surface area contributed by atoms with Gasteiger partial charge in [0, 0.05) is 0 Å². The second-order valence-corrected chi connectivity index (χ2v) is 4.81. The molecular formula is C15H15N3O. The lowest BCUT2D eigenvalue weighted by molar-refractivity contribution is 0.479. The van der Waals surface area contributed by atoms with Crippen molar-refractivity contribution in [2.75, 3.05) is 5.73 Å². The number of imidazole rings is 1. The van der Waals surface area contributed by atoms with E-state index in [2.05, 4.69) is 16.0 Å². The predicted octanol–water partition coefficient (Wildman–Crippen LogP) is 3.13. The molecule has 96 valence electrons. The van der Waals surface area contributed by atoms with Crippen LogP contribution in [0, 0.1) is 13.8 Å². The minimum absolute atomic E-state index is 0.0657. The molecule has 1 heterocycles. The summed E-state index contributed by atoms with van der Waals surface area (Å²) in [5.41, 5.74) is 10.9. The van der Waals surface area contributed by atoms with Crippen molar-refractivity contribution in [2.45, 2.75) is 13.8 Å². The normalized spacial score (nSPS) is 11.1. The first-order chi connectivity index (χ1) is 9.06. The van der Waals surface area contributed by atoms with Gasteiger partial charge in [0.1, 0.15) is 11.6 Å². The van der Waals surface area contributed by atoms with Crippen molar-refractivity contribution in [2.24, 2.45) is 0 Å². The van der Waals surface area contributed by atoms with Gasteiger partial charge >= 0.3 is 0 Å². The van der Waals surface area contributed by atoms with E-state index in [1.54, 1.807) is 18.2 Å². The second kappa shape index (κ2) is 4.02. The maximum absolute atomic E-state index is 10.0. The third kappa shape index (κ3) is 1.81. The van der Waals surface area contributed by atoms with E-state index in [1.807, 2.05) is 19.9 Å². The van der Waals surface area contributed by atoms with E-state index in [-0.39, 0.29) is 5.75 Å². The average molecular weight is 253 g/mol. The number of benzene rings is 2. The molecule has 0 saturated heterocycles. The Balaban J connectivity index is 2.26. The first kappa shape index (κ1) is 11.6. The van der Waals surface area contributed by atoms with E-state index >= 15 is 0 Å². The number of aromatic nitrogens is 2. The molecule has 0 bridgehead atoms. The lowest BCUT2D eigenvalue weighted by Crippen LogP contribution is -1.88. The van der Waals surface area contributed by atoms with Crippen molar-refractivity contribution in [3.63, 3.8) is 0 Å². The van der Waals surface area contributed by atoms with Crippen LogP contribution in [-0.4, -0.2) is 15.1 Å². The number of nitrogens with zero attached hydrogens (tertiary/aromatic N) is 1. The summed E-state index contributed by atoms with van der Waals surface area (Å²) >= 11 is 0. The summed E-state index contributed by atoms with van der Waals surface area (Å²) < 4.78 is 0. The van der Waals surface area contributed by atoms with E-state index in [9.17, 15) is 5.11 Å². The van der Waals surface area contributed by atoms with Gasteiger partial charge in [0.25, 0.3) is 0 Å². The number of fused-ring (bicyclic) bond motifs is 1. The second-order valence-electron chi connectivity index (χ2n) is 4.81. The van der Waals surface area contributed by atoms with E-state index in [1.165, 1.54) is 5.56 Å². The quantitative estimate of drug-likeness (QED) is 0.460. The van der Waals surface area contributed by atoms with Crippen LogP contribution >= 0.6 is 0 Å². The number of hydrogen-bond acceptors (Lipinski definition) is 3. The van der Waals surface area contributed by atoms with Crippen molar-refractivity contribution in [1.82, 2.24) is 9.97 Å². The third-order valence-electron chi connectivity index (χ3n) is 3.24. The fourth-order valence-corrected chi connectivity index (χ4v) is 2.35. The number of aromatic hydroxyl groups is 1. The topological polar surface area (TPSA) is 74.9 Å². The first-order valence-electron chi connectivity index (χ1n) is 6.11. The highest BCUT2D eigenvalue weighted by Crippen LogP contribution is 2.33. The fraction of sp³-hybridized carbons (Fsp3) is 0.133. The van der Waals surface area contributed by atoms with Crippen molar-refractivity contribution in [3.05, 3.63) is 41.5 Å². The molecule has 2 aromatic carbocycles. The number of nitrogens with two attached hydrogens (primary N) is 1. The first-order valence-corrected chi connectivity index (χ1v) is 6.11. The lowest BCUT2D eigenvalue weighted by atomic mass is 10.1. The molecule has 0 saturated carbocycles. The molecule has 0 radical (unpaired) electrons.